The SMILES string of the molecule is CC[C@@H]1C[C@H]1c1cncc(OC[C@@H]2CCN2)c1.CC[C@@H]1C[C@H]1c1cncc(OC[C@@H]2CCN2C(=O)OC(C)(C)C)c1. The Morgan fingerprint density at radius 3 is 1.88 bits per heavy atom. The van der Waals surface area contributed by atoms with Gasteiger partial charge in [0.05, 0.1) is 18.4 Å². The lowest BCUT2D eigenvalue weighted by atomic mass is 10.1. The molecule has 1 N–H and O–H groups in total. The van der Waals surface area contributed by atoms with E-state index in [1.165, 1.54) is 43.2 Å². The highest BCUT2D eigenvalue weighted by molar-refractivity contribution is 5.69. The molecule has 41 heavy (non-hydrogen) atoms. The van der Waals surface area contributed by atoms with Gasteiger partial charge >= 0.3 is 6.09 Å². The lowest BCUT2D eigenvalue weighted by Gasteiger charge is -2.40. The number of aromatic nitrogens is 2. The first kappa shape index (κ1) is 29.6. The second-order valence-corrected chi connectivity index (χ2v) is 13.1. The first-order chi connectivity index (χ1) is 19.7. The zero-order chi connectivity index (χ0) is 29.0. The number of amides is 1. The highest BCUT2D eigenvalue weighted by Crippen LogP contribution is 2.50. The number of rotatable bonds is 10. The van der Waals surface area contributed by atoms with Crippen molar-refractivity contribution < 1.29 is 19.0 Å². The molecular weight excluding hydrogens is 516 g/mol. The number of ether oxygens (including phenoxy) is 3. The number of carbonyl (C=O) groups excluding carboxylic acids is 1. The summed E-state index contributed by atoms with van der Waals surface area (Å²) in [5.74, 6) is 4.78. The van der Waals surface area contributed by atoms with E-state index in [0.29, 0.717) is 18.6 Å². The summed E-state index contributed by atoms with van der Waals surface area (Å²) in [6, 6.07) is 4.91. The van der Waals surface area contributed by atoms with E-state index in [0.717, 1.165) is 55.4 Å². The minimum atomic E-state index is -0.462. The Hall–Kier alpha value is -2.87. The molecule has 0 aromatic carbocycles. The van der Waals surface area contributed by atoms with E-state index in [1.807, 2.05) is 39.4 Å². The van der Waals surface area contributed by atoms with Crippen molar-refractivity contribution in [3.05, 3.63) is 48.0 Å². The average molecular weight is 565 g/mol. The van der Waals surface area contributed by atoms with Crippen molar-refractivity contribution in [1.82, 2.24) is 20.2 Å². The number of pyridine rings is 2. The summed E-state index contributed by atoms with van der Waals surface area (Å²) in [5.41, 5.74) is 2.17. The molecule has 6 rings (SSSR count). The Labute approximate surface area is 245 Å². The molecule has 0 radical (unpaired) electrons. The molecule has 2 aliphatic carbocycles. The maximum absolute atomic E-state index is 12.1. The lowest BCUT2D eigenvalue weighted by molar-refractivity contribution is -0.0141. The van der Waals surface area contributed by atoms with E-state index < -0.39 is 5.60 Å². The van der Waals surface area contributed by atoms with Gasteiger partial charge in [0.15, 0.2) is 0 Å². The number of likely N-dealkylation sites (tertiary alicyclic amines) is 1. The topological polar surface area (TPSA) is 85.8 Å². The fourth-order valence-corrected chi connectivity index (χ4v) is 5.70. The third-order valence-corrected chi connectivity index (χ3v) is 8.81. The molecule has 2 aliphatic heterocycles. The van der Waals surface area contributed by atoms with Gasteiger partial charge in [0.25, 0.3) is 0 Å². The van der Waals surface area contributed by atoms with Crippen molar-refractivity contribution in [2.24, 2.45) is 11.8 Å². The highest BCUT2D eigenvalue weighted by Gasteiger charge is 2.38. The summed E-state index contributed by atoms with van der Waals surface area (Å²) in [6.07, 6.45) is 14.5. The Morgan fingerprint density at radius 2 is 1.46 bits per heavy atom. The molecular formula is C33H48N4O4. The maximum atomic E-state index is 12.1. The normalized spacial score (nSPS) is 27.9. The van der Waals surface area contributed by atoms with Crippen molar-refractivity contribution in [3.63, 3.8) is 0 Å². The van der Waals surface area contributed by atoms with E-state index in [9.17, 15) is 4.79 Å². The summed E-state index contributed by atoms with van der Waals surface area (Å²) < 4.78 is 17.1. The minimum Gasteiger partial charge on any atom is -0.490 e. The highest BCUT2D eigenvalue weighted by atomic mass is 16.6. The third-order valence-electron chi connectivity index (χ3n) is 8.81. The van der Waals surface area contributed by atoms with Crippen LogP contribution in [0.5, 0.6) is 11.5 Å². The molecule has 4 fully saturated rings. The van der Waals surface area contributed by atoms with Crippen LogP contribution in [0.2, 0.25) is 0 Å². The van der Waals surface area contributed by atoms with Crippen molar-refractivity contribution in [2.45, 2.75) is 103 Å². The Balaban J connectivity index is 0.000000174. The molecule has 4 aliphatic rings. The summed E-state index contributed by atoms with van der Waals surface area (Å²) in [5, 5.41) is 3.34. The predicted octanol–water partition coefficient (Wildman–Crippen LogP) is 6.32. The zero-order valence-corrected chi connectivity index (χ0v) is 25.5. The largest absolute Gasteiger partial charge is 0.490 e. The molecule has 8 nitrogen and oxygen atoms in total. The number of hydrogen-bond acceptors (Lipinski definition) is 7. The van der Waals surface area contributed by atoms with Crippen molar-refractivity contribution in [1.29, 1.82) is 0 Å². The lowest BCUT2D eigenvalue weighted by Crippen LogP contribution is -2.55. The first-order valence-electron chi connectivity index (χ1n) is 15.6. The number of hydrogen-bond donors (Lipinski definition) is 1. The van der Waals surface area contributed by atoms with E-state index in [4.69, 9.17) is 14.2 Å². The van der Waals surface area contributed by atoms with Crippen LogP contribution in [-0.2, 0) is 4.74 Å². The van der Waals surface area contributed by atoms with Gasteiger partial charge in [-0.3, -0.25) is 9.97 Å². The van der Waals surface area contributed by atoms with Crippen LogP contribution in [0, 0.1) is 11.8 Å². The quantitative estimate of drug-likeness (QED) is 0.361. The van der Waals surface area contributed by atoms with Crippen LogP contribution in [-0.4, -0.2) is 64.9 Å². The van der Waals surface area contributed by atoms with Gasteiger partial charge in [-0.25, -0.2) is 4.79 Å². The Kier molecular flexibility index (Phi) is 9.37. The van der Waals surface area contributed by atoms with Gasteiger partial charge in [-0.05, 0) is 99.9 Å². The molecule has 1 amide bonds. The Morgan fingerprint density at radius 1 is 0.902 bits per heavy atom. The number of nitrogens with zero attached hydrogens (tertiary/aromatic N) is 3. The average Bonchev–Trinajstić information content (AvgIpc) is 3.81. The van der Waals surface area contributed by atoms with E-state index in [2.05, 4.69) is 41.3 Å². The van der Waals surface area contributed by atoms with Gasteiger partial charge in [-0.1, -0.05) is 26.7 Å². The minimum absolute atomic E-state index is 0.0906. The maximum Gasteiger partial charge on any atom is 0.410 e. The summed E-state index contributed by atoms with van der Waals surface area (Å²) in [7, 11) is 0. The molecule has 0 unspecified atom stereocenters. The van der Waals surface area contributed by atoms with Crippen LogP contribution in [0.1, 0.15) is 96.1 Å². The van der Waals surface area contributed by atoms with Crippen LogP contribution in [0.4, 0.5) is 4.79 Å². The molecule has 2 aromatic rings. The summed E-state index contributed by atoms with van der Waals surface area (Å²) >= 11 is 0. The number of nitrogens with one attached hydrogen (secondary N) is 1. The molecule has 2 aromatic heterocycles. The van der Waals surface area contributed by atoms with Gasteiger partial charge < -0.3 is 24.4 Å². The molecule has 2 saturated heterocycles. The van der Waals surface area contributed by atoms with Gasteiger partial charge in [0, 0.05) is 25.0 Å². The van der Waals surface area contributed by atoms with Gasteiger partial charge in [0.1, 0.15) is 30.3 Å². The van der Waals surface area contributed by atoms with Crippen LogP contribution in [0.3, 0.4) is 0 Å². The van der Waals surface area contributed by atoms with Gasteiger partial charge in [0.2, 0.25) is 0 Å². The first-order valence-corrected chi connectivity index (χ1v) is 15.6. The second kappa shape index (κ2) is 13.0. The summed E-state index contributed by atoms with van der Waals surface area (Å²) in [4.78, 5) is 22.5. The van der Waals surface area contributed by atoms with Crippen molar-refractivity contribution in [2.75, 3.05) is 26.3 Å². The third kappa shape index (κ3) is 8.12. The molecule has 2 saturated carbocycles. The van der Waals surface area contributed by atoms with E-state index in [-0.39, 0.29) is 12.1 Å². The molecule has 0 bridgehead atoms. The Bertz CT molecular complexity index is 1160. The molecule has 224 valence electrons. The van der Waals surface area contributed by atoms with Crippen LogP contribution < -0.4 is 14.8 Å². The van der Waals surface area contributed by atoms with Gasteiger partial charge in [-0.15, -0.1) is 0 Å². The van der Waals surface area contributed by atoms with Crippen molar-refractivity contribution in [3.8, 4) is 11.5 Å². The van der Waals surface area contributed by atoms with Crippen LogP contribution >= 0.6 is 0 Å². The van der Waals surface area contributed by atoms with E-state index in [1.54, 1.807) is 11.1 Å². The second-order valence-electron chi connectivity index (χ2n) is 13.1. The predicted molar refractivity (Wildman–Crippen MR) is 159 cm³/mol. The number of carbonyl (C=O) groups is 1. The molecule has 0 spiro atoms. The smallest absolute Gasteiger partial charge is 0.410 e. The van der Waals surface area contributed by atoms with Crippen molar-refractivity contribution >= 4 is 6.09 Å². The molecule has 4 heterocycles. The fraction of sp³-hybridized carbons (Fsp3) is 0.667. The van der Waals surface area contributed by atoms with Gasteiger partial charge in [-0.2, -0.15) is 0 Å². The monoisotopic (exact) mass is 564 g/mol. The summed E-state index contributed by atoms with van der Waals surface area (Å²) in [6.45, 7) is 13.3. The van der Waals surface area contributed by atoms with Crippen LogP contribution in [0.25, 0.3) is 0 Å². The standard InChI is InChI=1S/C19H28N2O3.C14H20N2O/c1-5-13-9-17(13)14-8-16(11-20-10-14)23-12-15-6-7-21(15)18(22)24-19(2,3)4;1-2-10-6-14(10)11-5-13(8-15-7-11)17-9-12-3-4-16-12/h8,10-11,13,15,17H,5-7,9,12H2,1-4H3;5,7-8,10,12,14,16H,2-4,6,9H2,1H3/t13-,15+,17-;10-,12+,14-/m11/s1. The zero-order valence-electron chi connectivity index (χ0n) is 25.5. The van der Waals surface area contributed by atoms with E-state index >= 15 is 0 Å². The molecule has 6 atom stereocenters. The molecule has 8 heteroatoms. The fourth-order valence-electron chi connectivity index (χ4n) is 5.70. The van der Waals surface area contributed by atoms with Crippen LogP contribution in [0.15, 0.2) is 36.9 Å².